The Morgan fingerprint density at radius 3 is 2.20 bits per heavy atom. The molecule has 0 saturated carbocycles. The molecule has 2 N–H and O–H groups in total. The summed E-state index contributed by atoms with van der Waals surface area (Å²) in [7, 11) is 0. The topological polar surface area (TPSA) is 79.8 Å². The number of hydrogen-bond acceptors (Lipinski definition) is 4. The predicted octanol–water partition coefficient (Wildman–Crippen LogP) is 5.13. The van der Waals surface area contributed by atoms with Crippen LogP contribution < -0.4 is 10.6 Å². The van der Waals surface area contributed by atoms with E-state index < -0.39 is 5.91 Å². The molecule has 2 aromatic rings. The molecule has 160 valence electrons. The minimum Gasteiger partial charge on any atom is -0.385 e. The summed E-state index contributed by atoms with van der Waals surface area (Å²) in [4.78, 5) is 29.4. The number of benzene rings is 2. The van der Waals surface area contributed by atoms with Crippen LogP contribution in [0.4, 0.5) is 11.4 Å². The van der Waals surface area contributed by atoms with Crippen LogP contribution >= 0.6 is 0 Å². The number of amides is 2. The minimum absolute atomic E-state index is 0.270. The summed E-state index contributed by atoms with van der Waals surface area (Å²) in [5.74, 6) is -0.203. The van der Waals surface area contributed by atoms with E-state index in [2.05, 4.69) is 43.5 Å². The van der Waals surface area contributed by atoms with Crippen LogP contribution in [0, 0.1) is 13.8 Å². The zero-order chi connectivity index (χ0) is 22.3. The highest BCUT2D eigenvalue weighted by Gasteiger charge is 2.16. The number of oxime groups is 1. The first-order valence-electron chi connectivity index (χ1n) is 10.1. The number of hydrogen-bond donors (Lipinski definition) is 2. The lowest BCUT2D eigenvalue weighted by atomic mass is 9.92. The van der Waals surface area contributed by atoms with Gasteiger partial charge in [-0.2, -0.15) is 0 Å². The van der Waals surface area contributed by atoms with E-state index in [1.54, 1.807) is 0 Å². The third-order valence-electron chi connectivity index (χ3n) is 4.72. The van der Waals surface area contributed by atoms with Crippen LogP contribution in [0.2, 0.25) is 0 Å². The molecule has 2 rings (SSSR count). The van der Waals surface area contributed by atoms with Crippen LogP contribution in [0.1, 0.15) is 61.8 Å². The van der Waals surface area contributed by atoms with Gasteiger partial charge >= 0.3 is 0 Å². The Kier molecular flexibility index (Phi) is 8.16. The molecule has 0 aromatic heterocycles. The molecule has 0 fully saturated rings. The second-order valence-corrected chi connectivity index (χ2v) is 7.98. The molecule has 0 aliphatic heterocycles. The normalized spacial score (nSPS) is 11.2. The Hall–Kier alpha value is -3.15. The molecule has 0 saturated heterocycles. The van der Waals surface area contributed by atoms with Gasteiger partial charge in [0.1, 0.15) is 6.21 Å². The monoisotopic (exact) mass is 409 g/mol. The van der Waals surface area contributed by atoms with E-state index in [-0.39, 0.29) is 24.3 Å². The summed E-state index contributed by atoms with van der Waals surface area (Å²) < 4.78 is 0. The van der Waals surface area contributed by atoms with Crippen molar-refractivity contribution in [3.05, 3.63) is 58.7 Å². The predicted molar refractivity (Wildman–Crippen MR) is 122 cm³/mol. The van der Waals surface area contributed by atoms with Gasteiger partial charge in [0.05, 0.1) is 0 Å². The van der Waals surface area contributed by atoms with Gasteiger partial charge in [0.2, 0.25) is 0 Å². The van der Waals surface area contributed by atoms with Crippen LogP contribution in [0.3, 0.4) is 0 Å². The van der Waals surface area contributed by atoms with E-state index in [9.17, 15) is 9.59 Å². The third kappa shape index (κ3) is 6.44. The van der Waals surface area contributed by atoms with Crippen molar-refractivity contribution in [1.29, 1.82) is 0 Å². The van der Waals surface area contributed by atoms with Crippen LogP contribution in [-0.4, -0.2) is 24.6 Å². The second kappa shape index (κ2) is 10.6. The quantitative estimate of drug-likeness (QED) is 0.468. The van der Waals surface area contributed by atoms with Crippen molar-refractivity contribution in [2.24, 2.45) is 5.16 Å². The summed E-state index contributed by atoms with van der Waals surface area (Å²) in [5.41, 5.74) is 5.76. The SMILES string of the molecule is Cc1ccc(NC(=O)/C=N\OCC(=O)Nc2c(C(C)C)cccc2C(C)C)c(C)c1. The molecule has 0 spiro atoms. The van der Waals surface area contributed by atoms with Crippen molar-refractivity contribution in [1.82, 2.24) is 0 Å². The number of carbonyl (C=O) groups is 2. The first kappa shape index (κ1) is 23.1. The zero-order valence-corrected chi connectivity index (χ0v) is 18.6. The van der Waals surface area contributed by atoms with E-state index in [4.69, 9.17) is 4.84 Å². The molecule has 2 amide bonds. The highest BCUT2D eigenvalue weighted by Crippen LogP contribution is 2.32. The maximum absolute atomic E-state index is 12.4. The average molecular weight is 410 g/mol. The van der Waals surface area contributed by atoms with Crippen LogP contribution in [0.25, 0.3) is 0 Å². The maximum atomic E-state index is 12.4. The Balaban J connectivity index is 1.93. The lowest BCUT2D eigenvalue weighted by molar-refractivity contribution is -0.120. The molecule has 0 aliphatic carbocycles. The standard InChI is InChI=1S/C24H31N3O3/c1-15(2)19-8-7-9-20(16(3)4)24(19)27-23(29)14-30-25-13-22(28)26-21-11-10-17(5)12-18(21)6/h7-13,15-16H,14H2,1-6H3,(H,26,28)(H,27,29)/b25-13-. The van der Waals surface area contributed by atoms with Crippen molar-refractivity contribution < 1.29 is 14.4 Å². The van der Waals surface area contributed by atoms with E-state index >= 15 is 0 Å². The van der Waals surface area contributed by atoms with Gasteiger partial charge in [0.15, 0.2) is 6.61 Å². The molecule has 0 heterocycles. The van der Waals surface area contributed by atoms with Gasteiger partial charge < -0.3 is 15.5 Å². The third-order valence-corrected chi connectivity index (χ3v) is 4.72. The van der Waals surface area contributed by atoms with Gasteiger partial charge in [0.25, 0.3) is 11.8 Å². The Morgan fingerprint density at radius 1 is 1.00 bits per heavy atom. The summed E-state index contributed by atoms with van der Waals surface area (Å²) in [6.07, 6.45) is 1.02. The number of anilines is 2. The van der Waals surface area contributed by atoms with Gasteiger partial charge in [-0.05, 0) is 48.4 Å². The molecule has 2 aromatic carbocycles. The first-order chi connectivity index (χ1) is 14.2. The zero-order valence-electron chi connectivity index (χ0n) is 18.6. The summed E-state index contributed by atoms with van der Waals surface area (Å²) in [6, 6.07) is 11.8. The number of nitrogens with one attached hydrogen (secondary N) is 2. The first-order valence-corrected chi connectivity index (χ1v) is 10.1. The smallest absolute Gasteiger partial charge is 0.270 e. The van der Waals surface area contributed by atoms with Crippen LogP contribution in [0.15, 0.2) is 41.6 Å². The molecule has 0 bridgehead atoms. The summed E-state index contributed by atoms with van der Waals surface area (Å²) >= 11 is 0. The highest BCUT2D eigenvalue weighted by molar-refractivity contribution is 6.31. The van der Waals surface area contributed by atoms with Gasteiger partial charge in [-0.1, -0.05) is 68.7 Å². The average Bonchev–Trinajstić information content (AvgIpc) is 2.67. The summed E-state index contributed by atoms with van der Waals surface area (Å²) in [5, 5.41) is 9.29. The van der Waals surface area contributed by atoms with E-state index in [1.807, 2.05) is 50.2 Å². The van der Waals surface area contributed by atoms with Crippen LogP contribution in [0.5, 0.6) is 0 Å². The maximum Gasteiger partial charge on any atom is 0.270 e. The molecule has 0 atom stereocenters. The molecule has 30 heavy (non-hydrogen) atoms. The van der Waals surface area contributed by atoms with Crippen molar-refractivity contribution in [2.45, 2.75) is 53.4 Å². The minimum atomic E-state index is -0.422. The van der Waals surface area contributed by atoms with Crippen molar-refractivity contribution >= 4 is 29.4 Å². The van der Waals surface area contributed by atoms with Gasteiger partial charge in [-0.25, -0.2) is 0 Å². The number of nitrogens with zero attached hydrogens (tertiary/aromatic N) is 1. The number of aryl methyl sites for hydroxylation is 2. The van der Waals surface area contributed by atoms with E-state index in [0.29, 0.717) is 5.69 Å². The van der Waals surface area contributed by atoms with E-state index in [0.717, 1.165) is 34.2 Å². The van der Waals surface area contributed by atoms with Gasteiger partial charge in [-0.15, -0.1) is 0 Å². The molecule has 6 nitrogen and oxygen atoms in total. The van der Waals surface area contributed by atoms with Crippen LogP contribution in [-0.2, 0) is 14.4 Å². The Morgan fingerprint density at radius 2 is 1.63 bits per heavy atom. The largest absolute Gasteiger partial charge is 0.385 e. The Bertz CT molecular complexity index is 907. The lowest BCUT2D eigenvalue weighted by Crippen LogP contribution is -2.20. The second-order valence-electron chi connectivity index (χ2n) is 7.98. The number of rotatable bonds is 8. The molecular formula is C24H31N3O3. The van der Waals surface area contributed by atoms with Gasteiger partial charge in [-0.3, -0.25) is 9.59 Å². The molecule has 0 aliphatic rings. The lowest BCUT2D eigenvalue weighted by Gasteiger charge is -2.19. The van der Waals surface area contributed by atoms with Crippen molar-refractivity contribution in [3.8, 4) is 0 Å². The van der Waals surface area contributed by atoms with Crippen molar-refractivity contribution in [3.63, 3.8) is 0 Å². The van der Waals surface area contributed by atoms with E-state index in [1.165, 1.54) is 0 Å². The fourth-order valence-corrected chi connectivity index (χ4v) is 3.17. The fourth-order valence-electron chi connectivity index (χ4n) is 3.17. The molecule has 0 unspecified atom stereocenters. The van der Waals surface area contributed by atoms with Crippen molar-refractivity contribution in [2.75, 3.05) is 17.2 Å². The number of para-hydroxylation sites is 1. The Labute approximate surface area is 178 Å². The number of carbonyl (C=O) groups excluding carboxylic acids is 2. The molecule has 0 radical (unpaired) electrons. The fraction of sp³-hybridized carbons (Fsp3) is 0.375. The highest BCUT2D eigenvalue weighted by atomic mass is 16.6. The molecular weight excluding hydrogens is 378 g/mol. The summed E-state index contributed by atoms with van der Waals surface area (Å²) in [6.45, 7) is 12.0. The molecule has 6 heteroatoms. The van der Waals surface area contributed by atoms with Gasteiger partial charge in [0, 0.05) is 11.4 Å².